The van der Waals surface area contributed by atoms with Gasteiger partial charge in [-0.15, -0.1) is 0 Å². The SMILES string of the molecule is CC1(C)CN(c2ccc(F)cc2N)CC(C)(C)O1. The average Bonchev–Trinajstić information content (AvgIpc) is 2.11. The Morgan fingerprint density at radius 2 is 1.72 bits per heavy atom. The summed E-state index contributed by atoms with van der Waals surface area (Å²) in [6.07, 6.45) is 0. The second kappa shape index (κ2) is 4.12. The fourth-order valence-corrected chi connectivity index (χ4v) is 2.77. The van der Waals surface area contributed by atoms with Gasteiger partial charge in [-0.2, -0.15) is 0 Å². The molecular weight excluding hydrogens is 231 g/mol. The zero-order chi connectivity index (χ0) is 13.6. The molecule has 0 aliphatic carbocycles. The number of morpholine rings is 1. The first kappa shape index (κ1) is 13.1. The van der Waals surface area contributed by atoms with E-state index in [0.717, 1.165) is 18.8 Å². The Labute approximate surface area is 108 Å². The summed E-state index contributed by atoms with van der Waals surface area (Å²) in [5, 5.41) is 0. The monoisotopic (exact) mass is 252 g/mol. The third kappa shape index (κ3) is 2.75. The molecule has 0 unspecified atom stereocenters. The molecule has 1 aromatic carbocycles. The quantitative estimate of drug-likeness (QED) is 0.781. The highest BCUT2D eigenvalue weighted by atomic mass is 19.1. The van der Waals surface area contributed by atoms with E-state index in [1.807, 2.05) is 0 Å². The lowest BCUT2D eigenvalue weighted by Gasteiger charge is -2.48. The maximum absolute atomic E-state index is 13.1. The maximum atomic E-state index is 13.1. The molecule has 0 spiro atoms. The number of hydrogen-bond acceptors (Lipinski definition) is 3. The van der Waals surface area contributed by atoms with Crippen LogP contribution < -0.4 is 10.6 Å². The van der Waals surface area contributed by atoms with Gasteiger partial charge in [-0.3, -0.25) is 0 Å². The van der Waals surface area contributed by atoms with E-state index in [9.17, 15) is 4.39 Å². The van der Waals surface area contributed by atoms with E-state index in [0.29, 0.717) is 5.69 Å². The summed E-state index contributed by atoms with van der Waals surface area (Å²) in [6.45, 7) is 9.71. The molecule has 2 N–H and O–H groups in total. The van der Waals surface area contributed by atoms with E-state index in [1.165, 1.54) is 12.1 Å². The van der Waals surface area contributed by atoms with Crippen LogP contribution in [0, 0.1) is 5.82 Å². The molecule has 3 nitrogen and oxygen atoms in total. The van der Waals surface area contributed by atoms with E-state index in [1.54, 1.807) is 6.07 Å². The minimum Gasteiger partial charge on any atom is -0.397 e. The van der Waals surface area contributed by atoms with Crippen molar-refractivity contribution in [1.82, 2.24) is 0 Å². The molecule has 18 heavy (non-hydrogen) atoms. The molecule has 0 amide bonds. The third-order valence-corrected chi connectivity index (χ3v) is 3.03. The fourth-order valence-electron chi connectivity index (χ4n) is 2.77. The van der Waals surface area contributed by atoms with E-state index < -0.39 is 0 Å². The summed E-state index contributed by atoms with van der Waals surface area (Å²) in [6, 6.07) is 4.55. The van der Waals surface area contributed by atoms with Crippen LogP contribution in [0.2, 0.25) is 0 Å². The molecule has 0 radical (unpaired) electrons. The van der Waals surface area contributed by atoms with Crippen LogP contribution in [-0.2, 0) is 4.74 Å². The van der Waals surface area contributed by atoms with Gasteiger partial charge in [0.25, 0.3) is 0 Å². The van der Waals surface area contributed by atoms with Gasteiger partial charge >= 0.3 is 0 Å². The summed E-state index contributed by atoms with van der Waals surface area (Å²) in [4.78, 5) is 2.16. The van der Waals surface area contributed by atoms with Crippen molar-refractivity contribution in [3.8, 4) is 0 Å². The highest BCUT2D eigenvalue weighted by Crippen LogP contribution is 2.34. The first-order valence-electron chi connectivity index (χ1n) is 6.19. The number of hydrogen-bond donors (Lipinski definition) is 1. The van der Waals surface area contributed by atoms with Gasteiger partial charge in [-0.25, -0.2) is 4.39 Å². The van der Waals surface area contributed by atoms with Crippen molar-refractivity contribution in [1.29, 1.82) is 0 Å². The van der Waals surface area contributed by atoms with Crippen LogP contribution in [0.5, 0.6) is 0 Å². The Morgan fingerprint density at radius 3 is 2.22 bits per heavy atom. The Balaban J connectivity index is 2.32. The summed E-state index contributed by atoms with van der Waals surface area (Å²) < 4.78 is 19.1. The number of nitrogens with two attached hydrogens (primary N) is 1. The smallest absolute Gasteiger partial charge is 0.125 e. The van der Waals surface area contributed by atoms with Gasteiger partial charge in [0.15, 0.2) is 0 Å². The fraction of sp³-hybridized carbons (Fsp3) is 0.571. The number of nitrogens with zero attached hydrogens (tertiary/aromatic N) is 1. The molecule has 0 saturated carbocycles. The van der Waals surface area contributed by atoms with Gasteiger partial charge in [-0.1, -0.05) is 0 Å². The highest BCUT2D eigenvalue weighted by molar-refractivity contribution is 5.68. The molecular formula is C14H21FN2O. The van der Waals surface area contributed by atoms with E-state index in [2.05, 4.69) is 32.6 Å². The molecule has 1 aliphatic rings. The molecule has 1 aliphatic heterocycles. The van der Waals surface area contributed by atoms with Crippen LogP contribution >= 0.6 is 0 Å². The van der Waals surface area contributed by atoms with Crippen LogP contribution in [0.15, 0.2) is 18.2 Å². The summed E-state index contributed by atoms with van der Waals surface area (Å²) in [5.41, 5.74) is 6.76. The molecule has 0 bridgehead atoms. The van der Waals surface area contributed by atoms with Crippen molar-refractivity contribution >= 4 is 11.4 Å². The topological polar surface area (TPSA) is 38.5 Å². The Morgan fingerprint density at radius 1 is 1.17 bits per heavy atom. The number of nitrogen functional groups attached to an aromatic ring is 1. The van der Waals surface area contributed by atoms with Crippen molar-refractivity contribution in [2.24, 2.45) is 0 Å². The van der Waals surface area contributed by atoms with Crippen molar-refractivity contribution in [2.45, 2.75) is 38.9 Å². The van der Waals surface area contributed by atoms with Crippen LogP contribution in [-0.4, -0.2) is 24.3 Å². The van der Waals surface area contributed by atoms with Crippen molar-refractivity contribution in [3.63, 3.8) is 0 Å². The van der Waals surface area contributed by atoms with Gasteiger partial charge in [0, 0.05) is 13.1 Å². The average molecular weight is 252 g/mol. The number of halogens is 1. The molecule has 1 aromatic rings. The third-order valence-electron chi connectivity index (χ3n) is 3.03. The van der Waals surface area contributed by atoms with Crippen LogP contribution in [0.1, 0.15) is 27.7 Å². The summed E-state index contributed by atoms with van der Waals surface area (Å²) in [5.74, 6) is -0.303. The lowest BCUT2D eigenvalue weighted by atomic mass is 9.98. The number of rotatable bonds is 1. The molecule has 2 rings (SSSR count). The molecule has 1 fully saturated rings. The highest BCUT2D eigenvalue weighted by Gasteiger charge is 2.38. The number of benzene rings is 1. The molecule has 100 valence electrons. The van der Waals surface area contributed by atoms with Crippen LogP contribution in [0.25, 0.3) is 0 Å². The Hall–Kier alpha value is -1.29. The largest absolute Gasteiger partial charge is 0.397 e. The first-order chi connectivity index (χ1) is 8.19. The number of anilines is 2. The van der Waals surface area contributed by atoms with Crippen molar-refractivity contribution < 1.29 is 9.13 Å². The van der Waals surface area contributed by atoms with Gasteiger partial charge < -0.3 is 15.4 Å². The van der Waals surface area contributed by atoms with Crippen molar-refractivity contribution in [2.75, 3.05) is 23.7 Å². The first-order valence-corrected chi connectivity index (χ1v) is 6.19. The summed E-state index contributed by atoms with van der Waals surface area (Å²) >= 11 is 0. The molecule has 1 heterocycles. The second-order valence-corrected chi connectivity index (χ2v) is 6.18. The standard InChI is InChI=1S/C14H21FN2O/c1-13(2)8-17(9-14(3,4)18-13)12-6-5-10(15)7-11(12)16/h5-7H,8-9,16H2,1-4H3. The molecule has 1 saturated heterocycles. The Bertz CT molecular complexity index is 441. The van der Waals surface area contributed by atoms with E-state index in [-0.39, 0.29) is 17.0 Å². The predicted octanol–water partition coefficient (Wildman–Crippen LogP) is 2.80. The normalized spacial score (nSPS) is 21.9. The maximum Gasteiger partial charge on any atom is 0.125 e. The van der Waals surface area contributed by atoms with Crippen LogP contribution in [0.4, 0.5) is 15.8 Å². The lowest BCUT2D eigenvalue weighted by Crippen LogP contribution is -2.57. The molecule has 4 heteroatoms. The lowest BCUT2D eigenvalue weighted by molar-refractivity contribution is -0.133. The minimum atomic E-state index is -0.303. The van der Waals surface area contributed by atoms with E-state index >= 15 is 0 Å². The zero-order valence-corrected chi connectivity index (χ0v) is 11.5. The van der Waals surface area contributed by atoms with Crippen LogP contribution in [0.3, 0.4) is 0 Å². The minimum absolute atomic E-state index is 0.247. The van der Waals surface area contributed by atoms with Gasteiger partial charge in [0.05, 0.1) is 22.6 Å². The molecule has 0 aromatic heterocycles. The Kier molecular flexibility index (Phi) is 3.01. The number of ether oxygens (including phenoxy) is 1. The zero-order valence-electron chi connectivity index (χ0n) is 11.5. The second-order valence-electron chi connectivity index (χ2n) is 6.18. The van der Waals surface area contributed by atoms with Gasteiger partial charge in [0.2, 0.25) is 0 Å². The summed E-state index contributed by atoms with van der Waals surface area (Å²) in [7, 11) is 0. The van der Waals surface area contributed by atoms with Gasteiger partial charge in [-0.05, 0) is 45.9 Å². The molecule has 0 atom stereocenters. The van der Waals surface area contributed by atoms with E-state index in [4.69, 9.17) is 10.5 Å². The predicted molar refractivity (Wildman–Crippen MR) is 72.3 cm³/mol. The van der Waals surface area contributed by atoms with Gasteiger partial charge in [0.1, 0.15) is 5.82 Å². The van der Waals surface area contributed by atoms with Crippen molar-refractivity contribution in [3.05, 3.63) is 24.0 Å².